The van der Waals surface area contributed by atoms with E-state index >= 15 is 0 Å². The number of ether oxygens (including phenoxy) is 1. The van der Waals surface area contributed by atoms with E-state index in [0.717, 1.165) is 32.8 Å². The van der Waals surface area contributed by atoms with Crippen molar-refractivity contribution in [2.45, 2.75) is 52.2 Å². The normalized spacial score (nSPS) is 21.5. The molecule has 1 fully saturated rings. The summed E-state index contributed by atoms with van der Waals surface area (Å²) in [5, 5.41) is 0. The Morgan fingerprint density at radius 3 is 2.37 bits per heavy atom. The largest absolute Gasteiger partial charge is 0.377 e. The molecule has 1 rings (SSSR count). The Hall–Kier alpha value is -0.160. The van der Waals surface area contributed by atoms with E-state index < -0.39 is 0 Å². The predicted octanol–water partition coefficient (Wildman–Crippen LogP) is 1.55. The van der Waals surface area contributed by atoms with Gasteiger partial charge in [0.15, 0.2) is 0 Å². The minimum atomic E-state index is 0.360. The highest BCUT2D eigenvalue weighted by Gasteiger charge is 2.28. The van der Waals surface area contributed by atoms with Crippen LogP contribution in [0.2, 0.25) is 0 Å². The van der Waals surface area contributed by atoms with Crippen molar-refractivity contribution < 1.29 is 4.74 Å². The Kier molecular flexibility index (Phi) is 8.62. The van der Waals surface area contributed by atoms with Crippen LogP contribution in [0.4, 0.5) is 0 Å². The lowest BCUT2D eigenvalue weighted by molar-refractivity contribution is 0.0277. The first-order chi connectivity index (χ1) is 9.26. The summed E-state index contributed by atoms with van der Waals surface area (Å²) in [5.74, 6) is 0. The molecule has 19 heavy (non-hydrogen) atoms. The summed E-state index contributed by atoms with van der Waals surface area (Å²) in [6, 6.07) is 0.407. The molecule has 0 spiro atoms. The molecule has 4 nitrogen and oxygen atoms in total. The van der Waals surface area contributed by atoms with Gasteiger partial charge in [0.25, 0.3) is 0 Å². The second kappa shape index (κ2) is 9.70. The van der Waals surface area contributed by atoms with Crippen molar-refractivity contribution >= 4 is 0 Å². The zero-order chi connectivity index (χ0) is 14.1. The molecule has 0 aromatic heterocycles. The minimum Gasteiger partial charge on any atom is -0.377 e. The van der Waals surface area contributed by atoms with Crippen molar-refractivity contribution in [2.75, 3.05) is 45.9 Å². The Bertz CT molecular complexity index is 215. The monoisotopic (exact) mass is 271 g/mol. The van der Waals surface area contributed by atoms with Crippen molar-refractivity contribution in [3.8, 4) is 0 Å². The van der Waals surface area contributed by atoms with Crippen molar-refractivity contribution in [3.05, 3.63) is 0 Å². The van der Waals surface area contributed by atoms with Crippen LogP contribution in [0, 0.1) is 0 Å². The van der Waals surface area contributed by atoms with Gasteiger partial charge in [-0.15, -0.1) is 0 Å². The van der Waals surface area contributed by atoms with E-state index in [2.05, 4.69) is 30.6 Å². The minimum absolute atomic E-state index is 0.360. The van der Waals surface area contributed by atoms with Gasteiger partial charge < -0.3 is 15.4 Å². The van der Waals surface area contributed by atoms with Crippen molar-refractivity contribution in [1.29, 1.82) is 0 Å². The van der Waals surface area contributed by atoms with Crippen LogP contribution < -0.4 is 5.73 Å². The van der Waals surface area contributed by atoms with Gasteiger partial charge >= 0.3 is 0 Å². The second-order valence-electron chi connectivity index (χ2n) is 5.36. The van der Waals surface area contributed by atoms with Crippen LogP contribution in [0.1, 0.15) is 40.0 Å². The fourth-order valence-corrected chi connectivity index (χ4v) is 3.04. The molecule has 2 N–H and O–H groups in total. The SMILES string of the molecule is CCN(CC)CCCN(CC)C(CN)C1CCCO1. The van der Waals surface area contributed by atoms with Gasteiger partial charge in [0.05, 0.1) is 6.10 Å². The summed E-state index contributed by atoms with van der Waals surface area (Å²) < 4.78 is 5.83. The molecular formula is C15H33N3O. The van der Waals surface area contributed by atoms with Crippen LogP contribution in [0.5, 0.6) is 0 Å². The number of nitrogens with zero attached hydrogens (tertiary/aromatic N) is 2. The third kappa shape index (κ3) is 5.38. The lowest BCUT2D eigenvalue weighted by Gasteiger charge is -2.34. The number of likely N-dealkylation sites (N-methyl/N-ethyl adjacent to an activating group) is 1. The zero-order valence-electron chi connectivity index (χ0n) is 13.1. The summed E-state index contributed by atoms with van der Waals surface area (Å²) in [4.78, 5) is 5.00. The number of rotatable bonds is 10. The van der Waals surface area contributed by atoms with E-state index in [-0.39, 0.29) is 0 Å². The second-order valence-corrected chi connectivity index (χ2v) is 5.36. The summed E-state index contributed by atoms with van der Waals surface area (Å²) in [5.41, 5.74) is 5.98. The molecule has 0 aromatic rings. The molecule has 0 aromatic carbocycles. The van der Waals surface area contributed by atoms with E-state index in [1.54, 1.807) is 0 Å². The Balaban J connectivity index is 2.37. The molecule has 1 aliphatic heterocycles. The molecule has 114 valence electrons. The molecule has 1 aliphatic rings. The summed E-state index contributed by atoms with van der Waals surface area (Å²) in [7, 11) is 0. The van der Waals surface area contributed by atoms with Crippen molar-refractivity contribution in [2.24, 2.45) is 5.73 Å². The third-order valence-electron chi connectivity index (χ3n) is 4.32. The smallest absolute Gasteiger partial charge is 0.0743 e. The van der Waals surface area contributed by atoms with Crippen LogP contribution in [0.25, 0.3) is 0 Å². The zero-order valence-corrected chi connectivity index (χ0v) is 13.1. The standard InChI is InChI=1S/C15H33N3O/c1-4-17(5-2)10-8-11-18(6-3)14(13-16)15-9-7-12-19-15/h14-15H,4-13,16H2,1-3H3. The van der Waals surface area contributed by atoms with Crippen LogP contribution in [-0.4, -0.2) is 67.8 Å². The highest BCUT2D eigenvalue weighted by atomic mass is 16.5. The molecule has 0 aliphatic carbocycles. The highest BCUT2D eigenvalue weighted by molar-refractivity contribution is 4.83. The van der Waals surface area contributed by atoms with E-state index in [1.807, 2.05) is 0 Å². The topological polar surface area (TPSA) is 41.7 Å². The number of nitrogens with two attached hydrogens (primary N) is 1. The van der Waals surface area contributed by atoms with Gasteiger partial charge in [-0.05, 0) is 52.0 Å². The molecule has 0 radical (unpaired) electrons. The Labute approximate surface area is 119 Å². The first kappa shape index (κ1) is 16.9. The lowest BCUT2D eigenvalue weighted by atomic mass is 10.1. The fraction of sp³-hybridized carbons (Fsp3) is 1.00. The van der Waals surface area contributed by atoms with Gasteiger partial charge in [-0.1, -0.05) is 20.8 Å². The van der Waals surface area contributed by atoms with Crippen LogP contribution in [0.15, 0.2) is 0 Å². The predicted molar refractivity (Wildman–Crippen MR) is 81.5 cm³/mol. The van der Waals surface area contributed by atoms with Crippen LogP contribution >= 0.6 is 0 Å². The number of hydrogen-bond acceptors (Lipinski definition) is 4. The van der Waals surface area contributed by atoms with Crippen molar-refractivity contribution in [1.82, 2.24) is 9.80 Å². The highest BCUT2D eigenvalue weighted by Crippen LogP contribution is 2.19. The lowest BCUT2D eigenvalue weighted by Crippen LogP contribution is -2.48. The molecule has 0 saturated carbocycles. The molecule has 1 saturated heterocycles. The van der Waals surface area contributed by atoms with E-state index in [0.29, 0.717) is 18.7 Å². The van der Waals surface area contributed by atoms with Gasteiger partial charge in [0, 0.05) is 19.2 Å². The molecule has 2 atom stereocenters. The molecule has 4 heteroatoms. The average Bonchev–Trinajstić information content (AvgIpc) is 2.96. The van der Waals surface area contributed by atoms with Crippen molar-refractivity contribution in [3.63, 3.8) is 0 Å². The molecule has 1 heterocycles. The first-order valence-electron chi connectivity index (χ1n) is 8.04. The number of hydrogen-bond donors (Lipinski definition) is 1. The molecule has 0 bridgehead atoms. The maximum atomic E-state index is 5.98. The summed E-state index contributed by atoms with van der Waals surface area (Å²) >= 11 is 0. The Morgan fingerprint density at radius 1 is 1.16 bits per heavy atom. The third-order valence-corrected chi connectivity index (χ3v) is 4.32. The van der Waals surface area contributed by atoms with E-state index in [9.17, 15) is 0 Å². The van der Waals surface area contributed by atoms with Crippen LogP contribution in [0.3, 0.4) is 0 Å². The Morgan fingerprint density at radius 2 is 1.89 bits per heavy atom. The average molecular weight is 271 g/mol. The quantitative estimate of drug-likeness (QED) is 0.654. The summed E-state index contributed by atoms with van der Waals surface area (Å²) in [6.07, 6.45) is 3.95. The van der Waals surface area contributed by atoms with Gasteiger partial charge in [-0.2, -0.15) is 0 Å². The van der Waals surface area contributed by atoms with E-state index in [1.165, 1.54) is 25.8 Å². The maximum absolute atomic E-state index is 5.98. The fourth-order valence-electron chi connectivity index (χ4n) is 3.04. The maximum Gasteiger partial charge on any atom is 0.0743 e. The van der Waals surface area contributed by atoms with E-state index in [4.69, 9.17) is 10.5 Å². The molecule has 2 unspecified atom stereocenters. The van der Waals surface area contributed by atoms with Crippen LogP contribution in [-0.2, 0) is 4.74 Å². The van der Waals surface area contributed by atoms with Gasteiger partial charge in [0.2, 0.25) is 0 Å². The van der Waals surface area contributed by atoms with Gasteiger partial charge in [0.1, 0.15) is 0 Å². The van der Waals surface area contributed by atoms with Gasteiger partial charge in [-0.3, -0.25) is 4.90 Å². The first-order valence-corrected chi connectivity index (χ1v) is 8.04. The molecular weight excluding hydrogens is 238 g/mol. The molecule has 0 amide bonds. The summed E-state index contributed by atoms with van der Waals surface area (Å²) in [6.45, 7) is 14.0. The van der Waals surface area contributed by atoms with Gasteiger partial charge in [-0.25, -0.2) is 0 Å².